The maximum atomic E-state index is 12.8. The molecule has 0 radical (unpaired) electrons. The molecule has 0 aliphatic carbocycles. The van der Waals surface area contributed by atoms with E-state index in [9.17, 15) is 4.79 Å². The Hall–Kier alpha value is -1.98. The zero-order valence-electron chi connectivity index (χ0n) is 27.0. The molecule has 0 aromatic carbocycles. The number of esters is 1. The highest BCUT2D eigenvalue weighted by atomic mass is 127. The van der Waals surface area contributed by atoms with E-state index in [1.165, 1.54) is 11.3 Å². The highest BCUT2D eigenvalue weighted by molar-refractivity contribution is 14.1. The summed E-state index contributed by atoms with van der Waals surface area (Å²) < 4.78 is 17.8. The van der Waals surface area contributed by atoms with Crippen molar-refractivity contribution in [3.63, 3.8) is 0 Å². The highest BCUT2D eigenvalue weighted by Gasteiger charge is 2.28. The number of nitrogens with zero attached hydrogens (tertiary/aromatic N) is 6. The topological polar surface area (TPSA) is 111 Å². The molecule has 4 rings (SSSR count). The number of methoxy groups -OCH3 is 1. The van der Waals surface area contributed by atoms with Crippen molar-refractivity contribution in [1.29, 1.82) is 0 Å². The summed E-state index contributed by atoms with van der Waals surface area (Å²) in [6.45, 7) is 13.7. The van der Waals surface area contributed by atoms with Gasteiger partial charge in [-0.2, -0.15) is 0 Å². The Balaban J connectivity index is 1.62. The van der Waals surface area contributed by atoms with Gasteiger partial charge in [0.25, 0.3) is 0 Å². The number of carbonyl (C=O) groups excluding carboxylic acids is 1. The number of aliphatic imine (C=N–C) groups is 2. The Kier molecular flexibility index (Phi) is 13.7. The minimum absolute atomic E-state index is 0.0114. The van der Waals surface area contributed by atoms with E-state index in [1.54, 1.807) is 25.8 Å². The molecule has 45 heavy (non-hydrogen) atoms. The Bertz CT molecular complexity index is 1460. The summed E-state index contributed by atoms with van der Waals surface area (Å²) in [5, 5.41) is 11.7. The summed E-state index contributed by atoms with van der Waals surface area (Å²) in [5.74, 6) is 0.822. The monoisotopic (exact) mass is 782 g/mol. The van der Waals surface area contributed by atoms with E-state index in [2.05, 4.69) is 63.5 Å². The van der Waals surface area contributed by atoms with Crippen LogP contribution >= 0.6 is 45.7 Å². The second-order valence-electron chi connectivity index (χ2n) is 11.9. The number of carbonyl (C=O) groups is 1. The number of anilines is 2. The lowest BCUT2D eigenvalue weighted by Crippen LogP contribution is -2.25. The standard InChI is InChI=1S/C31H43IN6O4S2Si/c1-7-42-30(39)26-24(10-8-12-32)43-31(34-26)38(14-9-15-40-3)25-18-21(2)27(37-36-25)35-29-23(20-41-16-17-45(4,5)6)19-22-11-13-33-28(22)44-29/h11,13,18-19,23H,7-10,12,14-17,20H2,1-6H3. The number of rotatable bonds is 17. The number of ether oxygens (including phenoxy) is 3. The lowest BCUT2D eigenvalue weighted by molar-refractivity contribution is 0.0519. The van der Waals surface area contributed by atoms with Gasteiger partial charge in [0.05, 0.1) is 24.2 Å². The first-order valence-electron chi connectivity index (χ1n) is 15.3. The first-order chi connectivity index (χ1) is 21.6. The first kappa shape index (κ1) is 35.9. The fourth-order valence-electron chi connectivity index (χ4n) is 4.52. The summed E-state index contributed by atoms with van der Waals surface area (Å²) in [5.41, 5.74) is 2.39. The summed E-state index contributed by atoms with van der Waals surface area (Å²) in [7, 11) is 0.505. The van der Waals surface area contributed by atoms with Gasteiger partial charge in [-0.25, -0.2) is 19.8 Å². The lowest BCUT2D eigenvalue weighted by atomic mass is 10.1. The van der Waals surface area contributed by atoms with Crippen LogP contribution in [0.5, 0.6) is 0 Å². The Morgan fingerprint density at radius 3 is 2.73 bits per heavy atom. The van der Waals surface area contributed by atoms with Crippen molar-refractivity contribution in [2.45, 2.75) is 58.8 Å². The van der Waals surface area contributed by atoms with E-state index >= 15 is 0 Å². The van der Waals surface area contributed by atoms with E-state index in [1.807, 2.05) is 30.2 Å². The average molecular weight is 783 g/mol. The maximum absolute atomic E-state index is 12.8. The second-order valence-corrected chi connectivity index (χ2v) is 20.7. The predicted octanol–water partition coefficient (Wildman–Crippen LogP) is 7.56. The zero-order chi connectivity index (χ0) is 32.4. The number of alkyl halides is 1. The molecule has 0 saturated heterocycles. The van der Waals surface area contributed by atoms with Crippen LogP contribution in [-0.4, -0.2) is 83.8 Å². The Morgan fingerprint density at radius 1 is 1.20 bits per heavy atom. The van der Waals surface area contributed by atoms with Gasteiger partial charge >= 0.3 is 5.97 Å². The number of thioether (sulfide) groups is 1. The number of aromatic nitrogens is 3. The fourth-order valence-corrected chi connectivity index (χ4v) is 7.76. The maximum Gasteiger partial charge on any atom is 0.358 e. The van der Waals surface area contributed by atoms with Crippen molar-refractivity contribution in [2.75, 3.05) is 49.4 Å². The number of hydrogen-bond donors (Lipinski definition) is 0. The van der Waals surface area contributed by atoms with Crippen LogP contribution in [0.25, 0.3) is 0 Å². The molecular formula is C31H43IN6O4S2Si. The van der Waals surface area contributed by atoms with Crippen LogP contribution in [-0.2, 0) is 20.6 Å². The van der Waals surface area contributed by atoms with Crippen LogP contribution in [0.1, 0.15) is 40.7 Å². The van der Waals surface area contributed by atoms with Crippen LogP contribution in [0.3, 0.4) is 0 Å². The smallest absolute Gasteiger partial charge is 0.358 e. The molecule has 2 aliphatic heterocycles. The molecule has 0 fully saturated rings. The SMILES string of the molecule is CCOC(=O)c1nc(N(CCCOC)c2cc(C)c(N=C3SC4=NC=CC4=CC3COCC[Si](C)(C)C)nn2)sc1CCCI. The van der Waals surface area contributed by atoms with E-state index in [-0.39, 0.29) is 5.92 Å². The molecule has 0 amide bonds. The van der Waals surface area contributed by atoms with Gasteiger partial charge in [-0.1, -0.05) is 60.1 Å². The van der Waals surface area contributed by atoms with E-state index in [0.717, 1.165) is 62.4 Å². The van der Waals surface area contributed by atoms with Crippen molar-refractivity contribution >= 4 is 86.6 Å². The highest BCUT2D eigenvalue weighted by Crippen LogP contribution is 2.36. The van der Waals surface area contributed by atoms with E-state index in [4.69, 9.17) is 24.2 Å². The van der Waals surface area contributed by atoms with Gasteiger partial charge in [0, 0.05) is 51.6 Å². The minimum atomic E-state index is -1.18. The van der Waals surface area contributed by atoms with Crippen molar-refractivity contribution in [1.82, 2.24) is 15.2 Å². The summed E-state index contributed by atoms with van der Waals surface area (Å²) >= 11 is 5.43. The molecule has 244 valence electrons. The quantitative estimate of drug-likeness (QED) is 0.0528. The third kappa shape index (κ3) is 10.3. The number of thiazole rings is 1. The average Bonchev–Trinajstić information content (AvgIpc) is 3.64. The molecule has 4 heterocycles. The minimum Gasteiger partial charge on any atom is -0.461 e. The number of hydrogen-bond acceptors (Lipinski definition) is 12. The molecule has 1 atom stereocenters. The third-order valence-corrected chi connectivity index (χ3v) is 11.7. The Morgan fingerprint density at radius 2 is 2.02 bits per heavy atom. The normalized spacial score (nSPS) is 17.0. The van der Waals surface area contributed by atoms with Gasteiger partial charge in [0.2, 0.25) is 0 Å². The number of fused-ring (bicyclic) bond motifs is 1. The van der Waals surface area contributed by atoms with Crippen LogP contribution in [0.2, 0.25) is 25.7 Å². The number of allylic oxidation sites excluding steroid dienone is 1. The van der Waals surface area contributed by atoms with Gasteiger partial charge in [-0.05, 0) is 61.3 Å². The molecule has 0 spiro atoms. The Labute approximate surface area is 289 Å². The van der Waals surface area contributed by atoms with E-state index < -0.39 is 14.0 Å². The summed E-state index contributed by atoms with van der Waals surface area (Å²) in [6.07, 6.45) is 8.52. The molecule has 0 saturated carbocycles. The van der Waals surface area contributed by atoms with Gasteiger partial charge in [0.1, 0.15) is 5.04 Å². The van der Waals surface area contributed by atoms with E-state index in [0.29, 0.717) is 48.8 Å². The van der Waals surface area contributed by atoms with Gasteiger partial charge < -0.3 is 19.1 Å². The molecular weight excluding hydrogens is 740 g/mol. The van der Waals surface area contributed by atoms with Crippen LogP contribution in [0.4, 0.5) is 16.8 Å². The zero-order valence-corrected chi connectivity index (χ0v) is 31.8. The van der Waals surface area contributed by atoms with Crippen LogP contribution in [0, 0.1) is 12.8 Å². The number of aryl methyl sites for hydroxylation is 2. The number of halogens is 1. The molecule has 2 aromatic rings. The summed E-state index contributed by atoms with van der Waals surface area (Å²) in [6, 6.07) is 3.10. The molecule has 10 nitrogen and oxygen atoms in total. The van der Waals surface area contributed by atoms with Gasteiger partial charge in [0.15, 0.2) is 22.5 Å². The molecule has 14 heteroatoms. The van der Waals surface area contributed by atoms with Crippen LogP contribution < -0.4 is 4.90 Å². The van der Waals surface area contributed by atoms with Gasteiger partial charge in [-0.15, -0.1) is 21.5 Å². The van der Waals surface area contributed by atoms with Crippen molar-refractivity contribution in [3.05, 3.63) is 46.1 Å². The third-order valence-electron chi connectivity index (χ3n) is 6.98. The predicted molar refractivity (Wildman–Crippen MR) is 197 cm³/mol. The molecule has 2 aromatic heterocycles. The van der Waals surface area contributed by atoms with Crippen molar-refractivity contribution < 1.29 is 19.0 Å². The first-order valence-corrected chi connectivity index (χ1v) is 22.1. The largest absolute Gasteiger partial charge is 0.461 e. The van der Waals surface area contributed by atoms with Gasteiger partial charge in [-0.3, -0.25) is 0 Å². The van der Waals surface area contributed by atoms with Crippen LogP contribution in [0.15, 0.2) is 40.0 Å². The molecule has 0 bridgehead atoms. The fraction of sp³-hybridized carbons (Fsp3) is 0.548. The molecule has 2 aliphatic rings. The molecule has 1 unspecified atom stereocenters. The summed E-state index contributed by atoms with van der Waals surface area (Å²) in [4.78, 5) is 30.0. The second kappa shape index (κ2) is 17.2. The molecule has 0 N–H and O–H groups in total. The van der Waals surface area contributed by atoms with Crippen molar-refractivity contribution in [2.24, 2.45) is 15.9 Å². The lowest BCUT2D eigenvalue weighted by Gasteiger charge is -2.23. The van der Waals surface area contributed by atoms with Crippen molar-refractivity contribution in [3.8, 4) is 0 Å².